The molecule has 2 saturated heterocycles. The molecule has 0 unspecified atom stereocenters. The van der Waals surface area contributed by atoms with Gasteiger partial charge in [0.2, 0.25) is 11.7 Å². The molecule has 2 aromatic rings. The summed E-state index contributed by atoms with van der Waals surface area (Å²) in [6.07, 6.45) is 0.779. The number of rotatable bonds is 4. The smallest absolute Gasteiger partial charge is 0.313 e. The summed E-state index contributed by atoms with van der Waals surface area (Å²) in [7, 11) is 0. The minimum atomic E-state index is -0.807. The van der Waals surface area contributed by atoms with Crippen LogP contribution < -0.4 is 0 Å². The molecule has 1 N–H and O–H groups in total. The third kappa shape index (κ3) is 2.94. The van der Waals surface area contributed by atoms with Gasteiger partial charge in [0, 0.05) is 25.3 Å². The Kier molecular flexibility index (Phi) is 4.05. The number of carboxylic acid groups (broad SMARTS) is 1. The fourth-order valence-corrected chi connectivity index (χ4v) is 3.84. The highest BCUT2D eigenvalue weighted by atomic mass is 16.5. The van der Waals surface area contributed by atoms with Crippen molar-refractivity contribution in [1.29, 1.82) is 0 Å². The number of benzene rings is 1. The van der Waals surface area contributed by atoms with E-state index in [2.05, 4.69) is 15.0 Å². The quantitative estimate of drug-likeness (QED) is 0.908. The van der Waals surface area contributed by atoms with Gasteiger partial charge < -0.3 is 14.4 Å². The molecule has 0 amide bonds. The molecule has 7 nitrogen and oxygen atoms in total. The monoisotopic (exact) mass is 343 g/mol. The molecule has 2 fully saturated rings. The molecule has 25 heavy (non-hydrogen) atoms. The van der Waals surface area contributed by atoms with E-state index in [1.54, 1.807) is 0 Å². The average molecular weight is 343 g/mol. The van der Waals surface area contributed by atoms with E-state index in [0.29, 0.717) is 31.4 Å². The van der Waals surface area contributed by atoms with Crippen molar-refractivity contribution in [3.8, 4) is 11.4 Å². The summed E-state index contributed by atoms with van der Waals surface area (Å²) in [6, 6.07) is 7.94. The van der Waals surface area contributed by atoms with Crippen molar-refractivity contribution < 1.29 is 19.2 Å². The molecule has 2 aliphatic rings. The first kappa shape index (κ1) is 16.2. The molecule has 0 spiro atoms. The molecular formula is C18H21N3O4. The number of carbonyl (C=O) groups is 1. The average Bonchev–Trinajstić information content (AvgIpc) is 3.20. The standard InChI is InChI=1S/C18H21N3O4/c1-12-2-4-13(5-3-12)16-19-15(25-20-16)9-21-8-14-6-7-24-11-18(14,10-21)17(22)23/h2-5,14H,6-11H2,1H3,(H,22,23)/t14-,18+/m0/s1. The summed E-state index contributed by atoms with van der Waals surface area (Å²) in [6.45, 7) is 4.57. The third-order valence-corrected chi connectivity index (χ3v) is 5.30. The Labute approximate surface area is 145 Å². The molecule has 4 rings (SSSR count). The molecule has 2 atom stereocenters. The number of aliphatic carboxylic acids is 1. The number of hydrogen-bond acceptors (Lipinski definition) is 6. The zero-order valence-corrected chi connectivity index (χ0v) is 14.1. The highest BCUT2D eigenvalue weighted by Gasteiger charge is 2.54. The van der Waals surface area contributed by atoms with E-state index < -0.39 is 11.4 Å². The van der Waals surface area contributed by atoms with Crippen molar-refractivity contribution in [2.45, 2.75) is 19.9 Å². The molecule has 1 aromatic heterocycles. The lowest BCUT2D eigenvalue weighted by atomic mass is 9.76. The number of carboxylic acids is 1. The van der Waals surface area contributed by atoms with Crippen LogP contribution in [-0.2, 0) is 16.1 Å². The summed E-state index contributed by atoms with van der Waals surface area (Å²) in [5, 5.41) is 13.7. The zero-order chi connectivity index (χ0) is 17.4. The molecule has 0 radical (unpaired) electrons. The van der Waals surface area contributed by atoms with Crippen molar-refractivity contribution in [3.05, 3.63) is 35.7 Å². The number of nitrogens with zero attached hydrogens (tertiary/aromatic N) is 3. The van der Waals surface area contributed by atoms with E-state index in [4.69, 9.17) is 9.26 Å². The van der Waals surface area contributed by atoms with Gasteiger partial charge in [0.25, 0.3) is 0 Å². The minimum absolute atomic E-state index is 0.109. The van der Waals surface area contributed by atoms with Crippen LogP contribution in [0.2, 0.25) is 0 Å². The second kappa shape index (κ2) is 6.24. The number of likely N-dealkylation sites (tertiary alicyclic amines) is 1. The number of hydrogen-bond donors (Lipinski definition) is 1. The van der Waals surface area contributed by atoms with Crippen LogP contribution >= 0.6 is 0 Å². The van der Waals surface area contributed by atoms with E-state index in [0.717, 1.165) is 18.5 Å². The highest BCUT2D eigenvalue weighted by Crippen LogP contribution is 2.42. The van der Waals surface area contributed by atoms with E-state index in [1.165, 1.54) is 5.56 Å². The first-order valence-corrected chi connectivity index (χ1v) is 8.50. The lowest BCUT2D eigenvalue weighted by Gasteiger charge is -2.34. The Morgan fingerprint density at radius 3 is 2.92 bits per heavy atom. The van der Waals surface area contributed by atoms with Gasteiger partial charge in [-0.25, -0.2) is 0 Å². The fourth-order valence-electron chi connectivity index (χ4n) is 3.84. The molecule has 0 bridgehead atoms. The summed E-state index contributed by atoms with van der Waals surface area (Å²) < 4.78 is 10.8. The minimum Gasteiger partial charge on any atom is -0.481 e. The molecule has 7 heteroatoms. The number of aryl methyl sites for hydroxylation is 1. The Hall–Kier alpha value is -2.25. The Morgan fingerprint density at radius 1 is 1.40 bits per heavy atom. The van der Waals surface area contributed by atoms with Crippen LogP contribution in [0.4, 0.5) is 0 Å². The Balaban J connectivity index is 1.48. The first-order chi connectivity index (χ1) is 12.1. The van der Waals surface area contributed by atoms with Gasteiger partial charge >= 0.3 is 5.97 Å². The molecule has 132 valence electrons. The van der Waals surface area contributed by atoms with Gasteiger partial charge in [-0.3, -0.25) is 9.69 Å². The normalized spacial score (nSPS) is 26.5. The van der Waals surface area contributed by atoms with E-state index in [-0.39, 0.29) is 12.5 Å². The maximum absolute atomic E-state index is 11.8. The molecule has 2 aliphatic heterocycles. The van der Waals surface area contributed by atoms with Crippen LogP contribution in [0.3, 0.4) is 0 Å². The highest BCUT2D eigenvalue weighted by molar-refractivity contribution is 5.76. The SMILES string of the molecule is Cc1ccc(-c2noc(CN3C[C@@H]4CCOC[C@]4(C(=O)O)C3)n2)cc1. The largest absolute Gasteiger partial charge is 0.481 e. The van der Waals surface area contributed by atoms with Crippen LogP contribution in [0.5, 0.6) is 0 Å². The lowest BCUT2D eigenvalue weighted by Crippen LogP contribution is -2.46. The predicted octanol–water partition coefficient (Wildman–Crippen LogP) is 1.97. The maximum Gasteiger partial charge on any atom is 0.313 e. The summed E-state index contributed by atoms with van der Waals surface area (Å²) in [5.41, 5.74) is 1.28. The first-order valence-electron chi connectivity index (χ1n) is 8.50. The van der Waals surface area contributed by atoms with Gasteiger partial charge in [-0.1, -0.05) is 35.0 Å². The zero-order valence-electron chi connectivity index (χ0n) is 14.1. The van der Waals surface area contributed by atoms with Gasteiger partial charge in [-0.2, -0.15) is 4.98 Å². The van der Waals surface area contributed by atoms with Crippen LogP contribution in [0.15, 0.2) is 28.8 Å². The van der Waals surface area contributed by atoms with Crippen LogP contribution in [-0.4, -0.2) is 52.4 Å². The second-order valence-electron chi connectivity index (χ2n) is 7.05. The van der Waals surface area contributed by atoms with E-state index >= 15 is 0 Å². The number of ether oxygens (including phenoxy) is 1. The number of aromatic nitrogens is 2. The number of fused-ring (bicyclic) bond motifs is 1. The van der Waals surface area contributed by atoms with Crippen LogP contribution in [0, 0.1) is 18.3 Å². The predicted molar refractivity (Wildman–Crippen MR) is 88.7 cm³/mol. The second-order valence-corrected chi connectivity index (χ2v) is 7.05. The van der Waals surface area contributed by atoms with Crippen molar-refractivity contribution in [2.75, 3.05) is 26.3 Å². The Morgan fingerprint density at radius 2 is 2.20 bits per heavy atom. The molecular weight excluding hydrogens is 322 g/mol. The third-order valence-electron chi connectivity index (χ3n) is 5.30. The van der Waals surface area contributed by atoms with Crippen molar-refractivity contribution >= 4 is 5.97 Å². The van der Waals surface area contributed by atoms with Crippen molar-refractivity contribution in [3.63, 3.8) is 0 Å². The van der Waals surface area contributed by atoms with Crippen LogP contribution in [0.1, 0.15) is 17.9 Å². The van der Waals surface area contributed by atoms with E-state index in [1.807, 2.05) is 31.2 Å². The Bertz CT molecular complexity index is 773. The molecule has 1 aromatic carbocycles. The van der Waals surface area contributed by atoms with Gasteiger partial charge in [-0.05, 0) is 19.3 Å². The van der Waals surface area contributed by atoms with Gasteiger partial charge in [-0.15, -0.1) is 0 Å². The van der Waals surface area contributed by atoms with Crippen molar-refractivity contribution in [2.24, 2.45) is 11.3 Å². The molecule has 0 saturated carbocycles. The molecule has 0 aliphatic carbocycles. The summed E-state index contributed by atoms with van der Waals surface area (Å²) >= 11 is 0. The van der Waals surface area contributed by atoms with E-state index in [9.17, 15) is 9.90 Å². The fraction of sp³-hybridized carbons (Fsp3) is 0.500. The summed E-state index contributed by atoms with van der Waals surface area (Å²) in [5.74, 6) is 0.405. The maximum atomic E-state index is 11.8. The van der Waals surface area contributed by atoms with Crippen LogP contribution in [0.25, 0.3) is 11.4 Å². The van der Waals surface area contributed by atoms with Gasteiger partial charge in [0.1, 0.15) is 5.41 Å². The van der Waals surface area contributed by atoms with Gasteiger partial charge in [0.05, 0.1) is 13.2 Å². The topological polar surface area (TPSA) is 88.7 Å². The molecule has 3 heterocycles. The van der Waals surface area contributed by atoms with Gasteiger partial charge in [0.15, 0.2) is 0 Å². The lowest BCUT2D eigenvalue weighted by molar-refractivity contribution is -0.159. The summed E-state index contributed by atoms with van der Waals surface area (Å²) in [4.78, 5) is 18.4. The van der Waals surface area contributed by atoms with Crippen molar-refractivity contribution in [1.82, 2.24) is 15.0 Å².